The molecule has 3 rings (SSSR count). The predicted molar refractivity (Wildman–Crippen MR) is 82.4 cm³/mol. The van der Waals surface area contributed by atoms with Crippen LogP contribution in [-0.2, 0) is 11.3 Å². The number of rotatable bonds is 5. The normalized spacial score (nSPS) is 16.4. The summed E-state index contributed by atoms with van der Waals surface area (Å²) >= 11 is 0. The lowest BCUT2D eigenvalue weighted by Gasteiger charge is -2.26. The highest BCUT2D eigenvalue weighted by molar-refractivity contribution is 5.84. The van der Waals surface area contributed by atoms with E-state index in [9.17, 15) is 5.11 Å². The standard InChI is InChI=1S/C16H21N3O2/c20-16-11-13(18-15-4-2-1-3-14(15)16)12-17-5-6-19-7-9-21-10-8-19/h1-4,11,17H,5-10,12H2,(H,18,20). The van der Waals surface area contributed by atoms with Crippen molar-refractivity contribution in [3.63, 3.8) is 0 Å². The third kappa shape index (κ3) is 3.69. The van der Waals surface area contributed by atoms with Gasteiger partial charge in [0, 0.05) is 44.2 Å². The first kappa shape index (κ1) is 14.3. The van der Waals surface area contributed by atoms with Crippen LogP contribution < -0.4 is 5.32 Å². The molecule has 0 spiro atoms. The Hall–Kier alpha value is -1.69. The Labute approximate surface area is 124 Å². The predicted octanol–water partition coefficient (Wildman–Crippen LogP) is 1.36. The molecule has 0 unspecified atom stereocenters. The number of aromatic hydroxyl groups is 1. The number of hydrogen-bond acceptors (Lipinski definition) is 5. The fourth-order valence-electron chi connectivity index (χ4n) is 2.58. The first-order valence-corrected chi connectivity index (χ1v) is 7.41. The van der Waals surface area contributed by atoms with Gasteiger partial charge in [-0.1, -0.05) is 12.1 Å². The number of nitrogens with one attached hydrogen (secondary N) is 1. The molecule has 1 fully saturated rings. The number of aromatic nitrogens is 1. The van der Waals surface area contributed by atoms with Crippen LogP contribution in [0.15, 0.2) is 30.3 Å². The summed E-state index contributed by atoms with van der Waals surface area (Å²) in [5.74, 6) is 0.297. The number of benzene rings is 1. The van der Waals surface area contributed by atoms with Gasteiger partial charge in [-0.25, -0.2) is 0 Å². The third-order valence-electron chi connectivity index (χ3n) is 3.76. The van der Waals surface area contributed by atoms with Crippen LogP contribution in [0.3, 0.4) is 0 Å². The molecule has 0 radical (unpaired) electrons. The van der Waals surface area contributed by atoms with E-state index in [0.717, 1.165) is 56.0 Å². The van der Waals surface area contributed by atoms with Gasteiger partial charge in [0.25, 0.3) is 0 Å². The number of para-hydroxylation sites is 1. The molecule has 1 saturated heterocycles. The van der Waals surface area contributed by atoms with Gasteiger partial charge in [0.1, 0.15) is 5.75 Å². The zero-order valence-electron chi connectivity index (χ0n) is 12.1. The molecule has 0 saturated carbocycles. The summed E-state index contributed by atoms with van der Waals surface area (Å²) in [6.45, 7) is 6.29. The van der Waals surface area contributed by atoms with Crippen molar-refractivity contribution in [3.05, 3.63) is 36.0 Å². The van der Waals surface area contributed by atoms with E-state index in [1.54, 1.807) is 6.07 Å². The molecule has 1 aromatic carbocycles. The van der Waals surface area contributed by atoms with Gasteiger partial charge in [0.2, 0.25) is 0 Å². The lowest BCUT2D eigenvalue weighted by molar-refractivity contribution is 0.0384. The molecule has 1 aliphatic heterocycles. The van der Waals surface area contributed by atoms with E-state index in [4.69, 9.17) is 4.74 Å². The second-order valence-corrected chi connectivity index (χ2v) is 5.28. The molecular formula is C16H21N3O2. The summed E-state index contributed by atoms with van der Waals surface area (Å²) in [5, 5.41) is 14.2. The SMILES string of the molecule is Oc1cc(CNCCN2CCOCC2)nc2ccccc12. The summed E-state index contributed by atoms with van der Waals surface area (Å²) in [4.78, 5) is 6.95. The zero-order valence-corrected chi connectivity index (χ0v) is 12.1. The second kappa shape index (κ2) is 6.85. The van der Waals surface area contributed by atoms with Crippen molar-refractivity contribution in [2.75, 3.05) is 39.4 Å². The van der Waals surface area contributed by atoms with Crippen LogP contribution in [0.2, 0.25) is 0 Å². The van der Waals surface area contributed by atoms with Crippen molar-refractivity contribution in [2.45, 2.75) is 6.54 Å². The van der Waals surface area contributed by atoms with Crippen molar-refractivity contribution >= 4 is 10.9 Å². The topological polar surface area (TPSA) is 57.6 Å². The first-order valence-electron chi connectivity index (χ1n) is 7.41. The average molecular weight is 287 g/mol. The van der Waals surface area contributed by atoms with Gasteiger partial charge in [-0.3, -0.25) is 9.88 Å². The Bertz CT molecular complexity index is 597. The molecule has 1 aromatic heterocycles. The van der Waals surface area contributed by atoms with Gasteiger partial charge in [-0.05, 0) is 12.1 Å². The third-order valence-corrected chi connectivity index (χ3v) is 3.76. The first-order chi connectivity index (χ1) is 10.3. The van der Waals surface area contributed by atoms with Crippen molar-refractivity contribution in [1.29, 1.82) is 0 Å². The Kier molecular flexibility index (Phi) is 4.65. The van der Waals surface area contributed by atoms with Gasteiger partial charge in [-0.2, -0.15) is 0 Å². The van der Waals surface area contributed by atoms with E-state index >= 15 is 0 Å². The molecule has 0 atom stereocenters. The molecule has 5 heteroatoms. The van der Waals surface area contributed by atoms with E-state index < -0.39 is 0 Å². The van der Waals surface area contributed by atoms with Crippen LogP contribution in [0, 0.1) is 0 Å². The molecule has 2 aromatic rings. The molecular weight excluding hydrogens is 266 g/mol. The van der Waals surface area contributed by atoms with Gasteiger partial charge in [0.05, 0.1) is 24.4 Å². The fourth-order valence-corrected chi connectivity index (χ4v) is 2.58. The minimum atomic E-state index is 0.297. The Morgan fingerprint density at radius 2 is 2.05 bits per heavy atom. The highest BCUT2D eigenvalue weighted by Gasteiger charge is 2.09. The van der Waals surface area contributed by atoms with Crippen LogP contribution >= 0.6 is 0 Å². The van der Waals surface area contributed by atoms with Crippen LogP contribution in [0.25, 0.3) is 10.9 Å². The molecule has 112 valence electrons. The molecule has 5 nitrogen and oxygen atoms in total. The molecule has 2 heterocycles. The van der Waals surface area contributed by atoms with Crippen LogP contribution in [0.1, 0.15) is 5.69 Å². The fraction of sp³-hybridized carbons (Fsp3) is 0.438. The van der Waals surface area contributed by atoms with E-state index in [1.807, 2.05) is 24.3 Å². The summed E-state index contributed by atoms with van der Waals surface area (Å²) in [6.07, 6.45) is 0. The lowest BCUT2D eigenvalue weighted by atomic mass is 10.2. The van der Waals surface area contributed by atoms with E-state index in [2.05, 4.69) is 15.2 Å². The number of fused-ring (bicyclic) bond motifs is 1. The maximum atomic E-state index is 10.0. The van der Waals surface area contributed by atoms with Crippen molar-refractivity contribution in [2.24, 2.45) is 0 Å². The van der Waals surface area contributed by atoms with Crippen molar-refractivity contribution in [3.8, 4) is 5.75 Å². The van der Waals surface area contributed by atoms with Crippen LogP contribution in [0.4, 0.5) is 0 Å². The Morgan fingerprint density at radius 3 is 2.90 bits per heavy atom. The van der Waals surface area contributed by atoms with Crippen molar-refractivity contribution in [1.82, 2.24) is 15.2 Å². The van der Waals surface area contributed by atoms with Gasteiger partial charge in [0.15, 0.2) is 0 Å². The van der Waals surface area contributed by atoms with Crippen LogP contribution in [0.5, 0.6) is 5.75 Å². The van der Waals surface area contributed by atoms with Gasteiger partial charge in [-0.15, -0.1) is 0 Å². The Balaban J connectivity index is 1.53. The molecule has 21 heavy (non-hydrogen) atoms. The van der Waals surface area contributed by atoms with E-state index in [-0.39, 0.29) is 0 Å². The quantitative estimate of drug-likeness (QED) is 0.813. The van der Waals surface area contributed by atoms with Gasteiger partial charge < -0.3 is 15.2 Å². The van der Waals surface area contributed by atoms with E-state index in [0.29, 0.717) is 12.3 Å². The highest BCUT2D eigenvalue weighted by Crippen LogP contribution is 2.23. The maximum Gasteiger partial charge on any atom is 0.126 e. The highest BCUT2D eigenvalue weighted by atomic mass is 16.5. The molecule has 2 N–H and O–H groups in total. The second-order valence-electron chi connectivity index (χ2n) is 5.28. The molecule has 0 amide bonds. The minimum absolute atomic E-state index is 0.297. The minimum Gasteiger partial charge on any atom is -0.507 e. The number of morpholine rings is 1. The lowest BCUT2D eigenvalue weighted by Crippen LogP contribution is -2.40. The number of hydrogen-bond donors (Lipinski definition) is 2. The number of nitrogens with zero attached hydrogens (tertiary/aromatic N) is 2. The number of ether oxygens (including phenoxy) is 1. The van der Waals surface area contributed by atoms with Crippen LogP contribution in [-0.4, -0.2) is 54.4 Å². The van der Waals surface area contributed by atoms with Gasteiger partial charge >= 0.3 is 0 Å². The summed E-state index contributed by atoms with van der Waals surface area (Å²) in [7, 11) is 0. The molecule has 0 aliphatic carbocycles. The smallest absolute Gasteiger partial charge is 0.126 e. The molecule has 0 bridgehead atoms. The maximum absolute atomic E-state index is 10.0. The average Bonchev–Trinajstić information content (AvgIpc) is 2.53. The largest absolute Gasteiger partial charge is 0.507 e. The monoisotopic (exact) mass is 287 g/mol. The zero-order chi connectivity index (χ0) is 14.5. The molecule has 1 aliphatic rings. The summed E-state index contributed by atoms with van der Waals surface area (Å²) < 4.78 is 5.33. The Morgan fingerprint density at radius 1 is 1.24 bits per heavy atom. The summed E-state index contributed by atoms with van der Waals surface area (Å²) in [5.41, 5.74) is 1.70. The van der Waals surface area contributed by atoms with Crippen molar-refractivity contribution < 1.29 is 9.84 Å². The number of pyridine rings is 1. The summed E-state index contributed by atoms with van der Waals surface area (Å²) in [6, 6.07) is 9.39. The van der Waals surface area contributed by atoms with E-state index in [1.165, 1.54) is 0 Å².